The first-order valence-electron chi connectivity index (χ1n) is 13.0. The summed E-state index contributed by atoms with van der Waals surface area (Å²) in [6.45, 7) is 8.28. The van der Waals surface area contributed by atoms with Gasteiger partial charge in [0.2, 0.25) is 0 Å². The standard InChI is InChI=1S/C27H30N8OS/c1-18-32-29-17-35(18)19-6-9-33(10-7-19)16-20-15-24-25(37-20)27(34-11-13-36-14-12-34)31-26(30-24)22-3-2-4-23-21(22)5-8-28-23/h2-5,8,15,17,19,28H,6-7,9-14,16H2,1H3. The molecule has 0 bridgehead atoms. The first kappa shape index (κ1) is 22.8. The predicted octanol–water partition coefficient (Wildman–Crippen LogP) is 4.41. The highest BCUT2D eigenvalue weighted by atomic mass is 32.1. The van der Waals surface area contributed by atoms with Crippen LogP contribution in [0, 0.1) is 6.92 Å². The number of rotatable bonds is 5. The highest BCUT2D eigenvalue weighted by molar-refractivity contribution is 7.19. The maximum Gasteiger partial charge on any atom is 0.162 e. The van der Waals surface area contributed by atoms with Crippen LogP contribution in [0.25, 0.3) is 32.5 Å². The van der Waals surface area contributed by atoms with Crippen LogP contribution in [0.5, 0.6) is 0 Å². The van der Waals surface area contributed by atoms with Crippen molar-refractivity contribution in [1.29, 1.82) is 0 Å². The molecule has 0 amide bonds. The lowest BCUT2D eigenvalue weighted by atomic mass is 10.0. The van der Waals surface area contributed by atoms with Crippen LogP contribution in [0.2, 0.25) is 0 Å². The molecule has 9 nitrogen and oxygen atoms in total. The van der Waals surface area contributed by atoms with Crippen LogP contribution in [-0.2, 0) is 11.3 Å². The fraction of sp³-hybridized carbons (Fsp3) is 0.407. The minimum Gasteiger partial charge on any atom is -0.378 e. The van der Waals surface area contributed by atoms with E-state index in [1.165, 1.54) is 9.58 Å². The van der Waals surface area contributed by atoms with Crippen molar-refractivity contribution in [3.63, 3.8) is 0 Å². The van der Waals surface area contributed by atoms with Crippen molar-refractivity contribution in [3.05, 3.63) is 53.6 Å². The SMILES string of the molecule is Cc1nncn1C1CCN(Cc2cc3nc(-c4cccc5[nH]ccc45)nc(N4CCOCC4)c3s2)CC1. The van der Waals surface area contributed by atoms with Gasteiger partial charge in [0, 0.05) is 66.3 Å². The summed E-state index contributed by atoms with van der Waals surface area (Å²) in [6.07, 6.45) is 6.09. The smallest absolute Gasteiger partial charge is 0.162 e. The number of morpholine rings is 1. The summed E-state index contributed by atoms with van der Waals surface area (Å²) in [7, 11) is 0. The number of benzene rings is 1. The fourth-order valence-corrected chi connectivity index (χ4v) is 6.82. The summed E-state index contributed by atoms with van der Waals surface area (Å²) in [5, 5.41) is 9.39. The Morgan fingerprint density at radius 2 is 1.95 bits per heavy atom. The summed E-state index contributed by atoms with van der Waals surface area (Å²) < 4.78 is 9.05. The van der Waals surface area contributed by atoms with Crippen LogP contribution in [0.15, 0.2) is 42.9 Å². The van der Waals surface area contributed by atoms with E-state index in [0.29, 0.717) is 6.04 Å². The van der Waals surface area contributed by atoms with E-state index in [1.54, 1.807) is 0 Å². The summed E-state index contributed by atoms with van der Waals surface area (Å²) in [5.74, 6) is 2.82. The van der Waals surface area contributed by atoms with Crippen molar-refractivity contribution in [2.45, 2.75) is 32.4 Å². The maximum absolute atomic E-state index is 5.64. The van der Waals surface area contributed by atoms with Crippen molar-refractivity contribution >= 4 is 38.3 Å². The molecular formula is C27H30N8OS. The second kappa shape index (κ2) is 9.51. The number of nitrogens with one attached hydrogen (secondary N) is 1. The van der Waals surface area contributed by atoms with Gasteiger partial charge >= 0.3 is 0 Å². The van der Waals surface area contributed by atoms with E-state index in [4.69, 9.17) is 14.7 Å². The average molecular weight is 515 g/mol. The van der Waals surface area contributed by atoms with Gasteiger partial charge in [-0.1, -0.05) is 12.1 Å². The molecule has 2 saturated heterocycles. The minimum absolute atomic E-state index is 0.492. The third-order valence-corrected chi connectivity index (χ3v) is 8.74. The van der Waals surface area contributed by atoms with E-state index < -0.39 is 0 Å². The zero-order valence-electron chi connectivity index (χ0n) is 20.9. The normalized spacial score (nSPS) is 17.8. The number of thiophene rings is 1. The number of hydrogen-bond donors (Lipinski definition) is 1. The van der Waals surface area contributed by atoms with E-state index in [0.717, 1.165) is 98.2 Å². The molecule has 0 aliphatic carbocycles. The van der Waals surface area contributed by atoms with Crippen LogP contribution in [-0.4, -0.2) is 74.0 Å². The molecule has 0 unspecified atom stereocenters. The Morgan fingerprint density at radius 1 is 1.08 bits per heavy atom. The number of nitrogens with zero attached hydrogens (tertiary/aromatic N) is 7. The zero-order valence-corrected chi connectivity index (χ0v) is 21.7. The number of likely N-dealkylation sites (tertiary alicyclic amines) is 1. The molecule has 4 aromatic heterocycles. The molecule has 10 heteroatoms. The second-order valence-corrected chi connectivity index (χ2v) is 11.1. The van der Waals surface area contributed by atoms with E-state index in [-0.39, 0.29) is 0 Å². The van der Waals surface area contributed by atoms with Gasteiger partial charge in [-0.25, -0.2) is 9.97 Å². The topological polar surface area (TPSA) is 88.0 Å². The highest BCUT2D eigenvalue weighted by Gasteiger charge is 2.24. The van der Waals surface area contributed by atoms with Gasteiger partial charge in [0.05, 0.1) is 23.4 Å². The molecule has 0 spiro atoms. The maximum atomic E-state index is 5.64. The first-order valence-corrected chi connectivity index (χ1v) is 13.8. The molecule has 1 aromatic carbocycles. The number of anilines is 1. The molecule has 2 aliphatic rings. The number of aryl methyl sites for hydroxylation is 1. The van der Waals surface area contributed by atoms with Gasteiger partial charge in [-0.2, -0.15) is 0 Å². The molecule has 37 heavy (non-hydrogen) atoms. The Morgan fingerprint density at radius 3 is 2.76 bits per heavy atom. The molecule has 7 rings (SSSR count). The Balaban J connectivity index is 1.20. The lowest BCUT2D eigenvalue weighted by Gasteiger charge is -2.32. The third kappa shape index (κ3) is 4.28. The number of ether oxygens (including phenoxy) is 1. The Kier molecular flexibility index (Phi) is 5.87. The molecule has 0 saturated carbocycles. The largest absolute Gasteiger partial charge is 0.378 e. The van der Waals surface area contributed by atoms with Crippen molar-refractivity contribution in [3.8, 4) is 11.4 Å². The summed E-state index contributed by atoms with van der Waals surface area (Å²) in [5.41, 5.74) is 3.20. The van der Waals surface area contributed by atoms with Gasteiger partial charge in [0.1, 0.15) is 12.2 Å². The second-order valence-electron chi connectivity index (χ2n) is 9.93. The van der Waals surface area contributed by atoms with Crippen LogP contribution in [0.1, 0.15) is 29.6 Å². The first-order chi connectivity index (χ1) is 18.2. The number of aromatic amines is 1. The number of aromatic nitrogens is 6. The number of piperidine rings is 1. The molecule has 1 N–H and O–H groups in total. The van der Waals surface area contributed by atoms with Crippen LogP contribution >= 0.6 is 11.3 Å². The molecule has 2 fully saturated rings. The van der Waals surface area contributed by atoms with E-state index in [2.05, 4.69) is 59.9 Å². The van der Waals surface area contributed by atoms with Gasteiger partial charge < -0.3 is 19.2 Å². The Labute approximate surface area is 219 Å². The predicted molar refractivity (Wildman–Crippen MR) is 146 cm³/mol. The van der Waals surface area contributed by atoms with Gasteiger partial charge in [-0.3, -0.25) is 4.90 Å². The van der Waals surface area contributed by atoms with Gasteiger partial charge in [0.15, 0.2) is 11.6 Å². The average Bonchev–Trinajstić information content (AvgIpc) is 3.68. The molecule has 6 heterocycles. The summed E-state index contributed by atoms with van der Waals surface area (Å²) in [4.78, 5) is 19.8. The Hall–Kier alpha value is -3.34. The number of H-pyrrole nitrogens is 1. The molecular weight excluding hydrogens is 484 g/mol. The Bertz CT molecular complexity index is 1540. The molecule has 190 valence electrons. The fourth-order valence-electron chi connectivity index (χ4n) is 5.67. The van der Waals surface area contributed by atoms with E-state index in [9.17, 15) is 0 Å². The zero-order chi connectivity index (χ0) is 24.8. The molecule has 0 radical (unpaired) electrons. The lowest BCUT2D eigenvalue weighted by Crippen LogP contribution is -2.36. The third-order valence-electron chi connectivity index (χ3n) is 7.63. The summed E-state index contributed by atoms with van der Waals surface area (Å²) in [6, 6.07) is 11.2. The van der Waals surface area contributed by atoms with Crippen molar-refractivity contribution in [2.24, 2.45) is 0 Å². The minimum atomic E-state index is 0.492. The number of hydrogen-bond acceptors (Lipinski definition) is 8. The quantitative estimate of drug-likeness (QED) is 0.372. The van der Waals surface area contributed by atoms with Gasteiger partial charge in [-0.05, 0) is 38.0 Å². The molecule has 5 aromatic rings. The van der Waals surface area contributed by atoms with Gasteiger partial charge in [0.25, 0.3) is 0 Å². The van der Waals surface area contributed by atoms with Crippen LogP contribution < -0.4 is 4.90 Å². The molecule has 2 aliphatic heterocycles. The van der Waals surface area contributed by atoms with E-state index in [1.807, 2.05) is 30.8 Å². The molecule has 0 atom stereocenters. The summed E-state index contributed by atoms with van der Waals surface area (Å²) >= 11 is 1.84. The monoisotopic (exact) mass is 514 g/mol. The van der Waals surface area contributed by atoms with Crippen molar-refractivity contribution in [2.75, 3.05) is 44.3 Å². The van der Waals surface area contributed by atoms with Crippen molar-refractivity contribution in [1.82, 2.24) is 34.6 Å². The van der Waals surface area contributed by atoms with Crippen LogP contribution in [0.4, 0.5) is 5.82 Å². The number of fused-ring (bicyclic) bond motifs is 2. The van der Waals surface area contributed by atoms with Gasteiger partial charge in [-0.15, -0.1) is 21.5 Å². The van der Waals surface area contributed by atoms with Crippen LogP contribution in [0.3, 0.4) is 0 Å². The highest BCUT2D eigenvalue weighted by Crippen LogP contribution is 2.37. The lowest BCUT2D eigenvalue weighted by molar-refractivity contribution is 0.122. The van der Waals surface area contributed by atoms with E-state index >= 15 is 0 Å². The van der Waals surface area contributed by atoms with Crippen molar-refractivity contribution < 1.29 is 4.74 Å².